The molecule has 2 fully saturated rings. The van der Waals surface area contributed by atoms with Crippen LogP contribution in [0.25, 0.3) is 0 Å². The first-order valence-corrected chi connectivity index (χ1v) is 11.2. The molecule has 2 aromatic carbocycles. The fourth-order valence-corrected chi connectivity index (χ4v) is 3.81. The Morgan fingerprint density at radius 1 is 1.06 bits per heavy atom. The Hall–Kier alpha value is -2.75. The van der Waals surface area contributed by atoms with Gasteiger partial charge in [0.1, 0.15) is 6.61 Å². The summed E-state index contributed by atoms with van der Waals surface area (Å²) in [7, 11) is -0.383. The van der Waals surface area contributed by atoms with E-state index in [-0.39, 0.29) is 37.1 Å². The summed E-state index contributed by atoms with van der Waals surface area (Å²) in [5.41, 5.74) is 2.12. The molecule has 0 bridgehead atoms. The third-order valence-electron chi connectivity index (χ3n) is 6.51. The van der Waals surface area contributed by atoms with Gasteiger partial charge in [-0.2, -0.15) is 0 Å². The third kappa shape index (κ3) is 4.85. The zero-order valence-electron chi connectivity index (χ0n) is 19.3. The number of amides is 1. The van der Waals surface area contributed by atoms with Gasteiger partial charge in [-0.25, -0.2) is 4.79 Å². The number of benzene rings is 2. The first-order chi connectivity index (χ1) is 15.2. The summed E-state index contributed by atoms with van der Waals surface area (Å²) < 4.78 is 17.7. The van der Waals surface area contributed by atoms with Gasteiger partial charge in [0.25, 0.3) is 0 Å². The molecule has 2 aliphatic rings. The van der Waals surface area contributed by atoms with Crippen molar-refractivity contribution in [1.29, 1.82) is 0 Å². The maximum absolute atomic E-state index is 12.5. The van der Waals surface area contributed by atoms with Crippen molar-refractivity contribution in [3.05, 3.63) is 65.7 Å². The first kappa shape index (κ1) is 22.4. The average molecular weight is 431 g/mol. The normalized spacial score (nSPS) is 21.2. The van der Waals surface area contributed by atoms with E-state index in [1.165, 1.54) is 0 Å². The monoisotopic (exact) mass is 431 g/mol. The van der Waals surface area contributed by atoms with Crippen molar-refractivity contribution in [2.75, 3.05) is 6.54 Å². The molecule has 1 amide bonds. The molecule has 0 aromatic heterocycles. The van der Waals surface area contributed by atoms with Crippen LogP contribution in [0, 0.1) is 11.8 Å². The van der Waals surface area contributed by atoms with Gasteiger partial charge >= 0.3 is 13.2 Å². The second-order valence-corrected chi connectivity index (χ2v) is 9.37. The molecule has 0 N–H and O–H groups in total. The van der Waals surface area contributed by atoms with Gasteiger partial charge in [0.2, 0.25) is 0 Å². The van der Waals surface area contributed by atoms with Crippen LogP contribution in [0.15, 0.2) is 54.6 Å². The van der Waals surface area contributed by atoms with E-state index in [2.05, 4.69) is 11.8 Å². The number of carbonyl (C=O) groups excluding carboxylic acids is 1. The molecule has 0 unspecified atom stereocenters. The Kier molecular flexibility index (Phi) is 6.32. The molecular formula is C26H30BNO4. The number of likely N-dealkylation sites (tertiary alicyclic amines) is 1. The molecule has 0 aliphatic carbocycles. The van der Waals surface area contributed by atoms with Crippen molar-refractivity contribution in [2.24, 2.45) is 0 Å². The highest BCUT2D eigenvalue weighted by Gasteiger charge is 2.51. The lowest BCUT2D eigenvalue weighted by Crippen LogP contribution is -2.41. The number of nitrogens with zero attached hydrogens (tertiary/aromatic N) is 1. The van der Waals surface area contributed by atoms with Crippen LogP contribution in [0.1, 0.15) is 51.7 Å². The summed E-state index contributed by atoms with van der Waals surface area (Å²) in [4.78, 5) is 14.3. The molecule has 32 heavy (non-hydrogen) atoms. The molecule has 5 nitrogen and oxygen atoms in total. The third-order valence-corrected chi connectivity index (χ3v) is 6.51. The van der Waals surface area contributed by atoms with Gasteiger partial charge in [-0.05, 0) is 63.7 Å². The van der Waals surface area contributed by atoms with Crippen molar-refractivity contribution in [1.82, 2.24) is 4.90 Å². The van der Waals surface area contributed by atoms with E-state index in [4.69, 9.17) is 14.0 Å². The zero-order chi connectivity index (χ0) is 22.8. The Morgan fingerprint density at radius 2 is 1.72 bits per heavy atom. The molecule has 2 heterocycles. The molecule has 1 atom stereocenters. The summed E-state index contributed by atoms with van der Waals surface area (Å²) in [6.45, 7) is 9.14. The van der Waals surface area contributed by atoms with Gasteiger partial charge in [0, 0.05) is 12.1 Å². The van der Waals surface area contributed by atoms with E-state index in [9.17, 15) is 4.79 Å². The van der Waals surface area contributed by atoms with Crippen molar-refractivity contribution < 1.29 is 18.8 Å². The summed E-state index contributed by atoms with van der Waals surface area (Å²) >= 11 is 0. The van der Waals surface area contributed by atoms with Crippen LogP contribution < -0.4 is 5.46 Å². The Bertz CT molecular complexity index is 992. The molecule has 0 radical (unpaired) electrons. The second-order valence-electron chi connectivity index (χ2n) is 9.37. The standard InChI is InChI=1S/C26H30BNO4/c1-25(2)26(3,4)32-27(31-25)22-15-12-20(13-16-22)14-17-23-11-8-18-28(23)24(29)30-19-21-9-6-5-7-10-21/h5-7,9-10,12-13,15-16,23H,8,11,18-19H2,1-4H3/t23-/m0/s1. The number of rotatable bonds is 3. The smallest absolute Gasteiger partial charge is 0.445 e. The van der Waals surface area contributed by atoms with Gasteiger partial charge < -0.3 is 14.0 Å². The Morgan fingerprint density at radius 3 is 2.38 bits per heavy atom. The molecule has 0 spiro atoms. The molecule has 2 saturated heterocycles. The summed E-state index contributed by atoms with van der Waals surface area (Å²) in [5, 5.41) is 0. The molecule has 4 rings (SSSR count). The zero-order valence-corrected chi connectivity index (χ0v) is 19.3. The highest BCUT2D eigenvalue weighted by atomic mass is 16.7. The fraction of sp³-hybridized carbons (Fsp3) is 0.423. The van der Waals surface area contributed by atoms with Crippen LogP contribution in [0.4, 0.5) is 4.79 Å². The maximum Gasteiger partial charge on any atom is 0.494 e. The van der Waals surface area contributed by atoms with Crippen molar-refractivity contribution in [2.45, 2.75) is 64.4 Å². The van der Waals surface area contributed by atoms with Crippen molar-refractivity contribution in [3.63, 3.8) is 0 Å². The molecule has 0 saturated carbocycles. The van der Waals surface area contributed by atoms with E-state index in [1.54, 1.807) is 4.90 Å². The molecular weight excluding hydrogens is 401 g/mol. The fourth-order valence-electron chi connectivity index (χ4n) is 3.81. The van der Waals surface area contributed by atoms with E-state index in [0.717, 1.165) is 29.4 Å². The minimum atomic E-state index is -0.383. The van der Waals surface area contributed by atoms with E-state index in [0.29, 0.717) is 6.54 Å². The lowest BCUT2D eigenvalue weighted by molar-refractivity contribution is 0.00578. The van der Waals surface area contributed by atoms with Gasteiger partial charge in [0.05, 0.1) is 17.2 Å². The van der Waals surface area contributed by atoms with Gasteiger partial charge in [-0.3, -0.25) is 4.90 Å². The minimum Gasteiger partial charge on any atom is -0.445 e. The summed E-state index contributed by atoms with van der Waals surface area (Å²) in [6.07, 6.45) is 1.49. The number of hydrogen-bond donors (Lipinski definition) is 0. The number of carbonyl (C=O) groups is 1. The molecule has 166 valence electrons. The predicted octanol–water partition coefficient (Wildman–Crippen LogP) is 4.14. The number of hydrogen-bond acceptors (Lipinski definition) is 4. The van der Waals surface area contributed by atoms with Crippen LogP contribution in [0.2, 0.25) is 0 Å². The van der Waals surface area contributed by atoms with E-state index < -0.39 is 0 Å². The SMILES string of the molecule is CC1(C)OB(c2ccc(C#C[C@@H]3CCCN3C(=O)OCc3ccccc3)cc2)OC1(C)C. The topological polar surface area (TPSA) is 48.0 Å². The van der Waals surface area contributed by atoms with Crippen LogP contribution >= 0.6 is 0 Å². The van der Waals surface area contributed by atoms with Crippen molar-refractivity contribution >= 4 is 18.7 Å². The lowest BCUT2D eigenvalue weighted by Gasteiger charge is -2.32. The van der Waals surface area contributed by atoms with Crippen LogP contribution in [-0.2, 0) is 20.7 Å². The van der Waals surface area contributed by atoms with Crippen LogP contribution in [-0.4, -0.2) is 41.9 Å². The quantitative estimate of drug-likeness (QED) is 0.542. The predicted molar refractivity (Wildman–Crippen MR) is 125 cm³/mol. The Labute approximate surface area is 191 Å². The van der Waals surface area contributed by atoms with E-state index >= 15 is 0 Å². The van der Waals surface area contributed by atoms with Crippen LogP contribution in [0.3, 0.4) is 0 Å². The molecule has 6 heteroatoms. The van der Waals surface area contributed by atoms with Crippen LogP contribution in [0.5, 0.6) is 0 Å². The maximum atomic E-state index is 12.5. The molecule has 2 aromatic rings. The highest BCUT2D eigenvalue weighted by molar-refractivity contribution is 6.62. The average Bonchev–Trinajstić information content (AvgIpc) is 3.33. The highest BCUT2D eigenvalue weighted by Crippen LogP contribution is 2.36. The van der Waals surface area contributed by atoms with Crippen molar-refractivity contribution in [3.8, 4) is 11.8 Å². The van der Waals surface area contributed by atoms with Gasteiger partial charge in [0.15, 0.2) is 0 Å². The van der Waals surface area contributed by atoms with Gasteiger partial charge in [-0.1, -0.05) is 54.3 Å². The second kappa shape index (κ2) is 9.01. The number of ether oxygens (including phenoxy) is 1. The molecule has 2 aliphatic heterocycles. The lowest BCUT2D eigenvalue weighted by atomic mass is 9.79. The summed E-state index contributed by atoms with van der Waals surface area (Å²) in [5.74, 6) is 6.47. The largest absolute Gasteiger partial charge is 0.494 e. The summed E-state index contributed by atoms with van der Waals surface area (Å²) in [6, 6.07) is 17.5. The van der Waals surface area contributed by atoms with E-state index in [1.807, 2.05) is 82.3 Å². The Balaban J connectivity index is 1.37. The van der Waals surface area contributed by atoms with Gasteiger partial charge in [-0.15, -0.1) is 0 Å². The first-order valence-electron chi connectivity index (χ1n) is 11.2. The minimum absolute atomic E-state index is 0.124.